The Bertz CT molecular complexity index is 798. The maximum atomic E-state index is 13.1. The van der Waals surface area contributed by atoms with E-state index >= 15 is 0 Å². The Hall–Kier alpha value is -2.46. The van der Waals surface area contributed by atoms with Crippen LogP contribution in [0.1, 0.15) is 18.4 Å². The summed E-state index contributed by atoms with van der Waals surface area (Å²) in [6, 6.07) is 12.7. The zero-order chi connectivity index (χ0) is 19.3. The molecule has 1 saturated carbocycles. The third-order valence-electron chi connectivity index (χ3n) is 5.84. The van der Waals surface area contributed by atoms with Crippen LogP contribution < -0.4 is 0 Å². The highest BCUT2D eigenvalue weighted by molar-refractivity contribution is 5.80. The van der Waals surface area contributed by atoms with E-state index in [0.717, 1.165) is 38.5 Å². The summed E-state index contributed by atoms with van der Waals surface area (Å²) in [5, 5.41) is 0. The van der Waals surface area contributed by atoms with Crippen LogP contribution >= 0.6 is 0 Å². The van der Waals surface area contributed by atoms with Gasteiger partial charge in [0, 0.05) is 45.1 Å². The molecule has 28 heavy (non-hydrogen) atoms. The molecule has 1 atom stereocenters. The minimum atomic E-state index is 0.0213. The number of carbonyl (C=O) groups excluding carboxylic acids is 1. The van der Waals surface area contributed by atoms with Crippen molar-refractivity contribution in [3.63, 3.8) is 0 Å². The lowest BCUT2D eigenvalue weighted by Crippen LogP contribution is -2.37. The van der Waals surface area contributed by atoms with Crippen LogP contribution in [0, 0.1) is 11.8 Å². The number of rotatable bonds is 7. The normalized spacial score (nSPS) is 20.8. The third kappa shape index (κ3) is 4.68. The van der Waals surface area contributed by atoms with E-state index in [2.05, 4.69) is 40.7 Å². The summed E-state index contributed by atoms with van der Waals surface area (Å²) >= 11 is 0. The predicted octanol–water partition coefficient (Wildman–Crippen LogP) is 3.65. The molecule has 2 aliphatic rings. The number of amides is 1. The highest BCUT2D eigenvalue weighted by Crippen LogP contribution is 2.31. The van der Waals surface area contributed by atoms with Gasteiger partial charge in [0.25, 0.3) is 0 Å². The summed E-state index contributed by atoms with van der Waals surface area (Å²) < 4.78 is 0. The molecule has 1 aromatic heterocycles. The molecule has 0 N–H and O–H groups in total. The van der Waals surface area contributed by atoms with Crippen molar-refractivity contribution in [2.45, 2.75) is 19.3 Å². The first-order valence-corrected chi connectivity index (χ1v) is 10.3. The summed E-state index contributed by atoms with van der Waals surface area (Å²) in [7, 11) is 0. The number of nitrogens with zero attached hydrogens (tertiary/aromatic N) is 3. The van der Waals surface area contributed by atoms with E-state index in [4.69, 9.17) is 0 Å². The second-order valence-electron chi connectivity index (χ2n) is 8.11. The van der Waals surface area contributed by atoms with Gasteiger partial charge in [-0.05, 0) is 54.0 Å². The summed E-state index contributed by atoms with van der Waals surface area (Å²) in [6.45, 7) is 8.29. The fourth-order valence-electron chi connectivity index (χ4n) is 4.09. The Morgan fingerprint density at radius 1 is 1.04 bits per heavy atom. The molecular weight excluding hydrogens is 346 g/mol. The molecule has 0 radical (unpaired) electrons. The highest BCUT2D eigenvalue weighted by atomic mass is 16.2. The van der Waals surface area contributed by atoms with Crippen molar-refractivity contribution < 1.29 is 4.79 Å². The summed E-state index contributed by atoms with van der Waals surface area (Å²) in [5.41, 5.74) is 3.57. The topological polar surface area (TPSA) is 36.4 Å². The molecular formula is C24H29N3O. The lowest BCUT2D eigenvalue weighted by Gasteiger charge is -2.23. The van der Waals surface area contributed by atoms with Crippen LogP contribution in [0.3, 0.4) is 0 Å². The zero-order valence-electron chi connectivity index (χ0n) is 16.5. The Morgan fingerprint density at radius 2 is 1.75 bits per heavy atom. The molecule has 0 spiro atoms. The molecule has 1 aliphatic heterocycles. The van der Waals surface area contributed by atoms with Crippen molar-refractivity contribution in [1.82, 2.24) is 14.8 Å². The molecule has 1 aliphatic carbocycles. The Morgan fingerprint density at radius 3 is 2.43 bits per heavy atom. The van der Waals surface area contributed by atoms with Crippen LogP contribution in [0.25, 0.3) is 11.1 Å². The van der Waals surface area contributed by atoms with Gasteiger partial charge in [-0.1, -0.05) is 30.3 Å². The van der Waals surface area contributed by atoms with Crippen LogP contribution in [0.4, 0.5) is 0 Å². The monoisotopic (exact) mass is 375 g/mol. The Labute approximate surface area is 167 Å². The van der Waals surface area contributed by atoms with Gasteiger partial charge in [0.1, 0.15) is 0 Å². The van der Waals surface area contributed by atoms with E-state index in [1.165, 1.54) is 29.5 Å². The second-order valence-corrected chi connectivity index (χ2v) is 8.11. The molecule has 4 heteroatoms. The van der Waals surface area contributed by atoms with E-state index in [0.29, 0.717) is 6.54 Å². The van der Waals surface area contributed by atoms with Crippen LogP contribution in [0.2, 0.25) is 0 Å². The van der Waals surface area contributed by atoms with Crippen molar-refractivity contribution in [3.05, 3.63) is 67.0 Å². The Balaban J connectivity index is 1.48. The average molecular weight is 376 g/mol. The quantitative estimate of drug-likeness (QED) is 0.693. The molecule has 0 unspecified atom stereocenters. The number of carbonyl (C=O) groups is 1. The largest absolute Gasteiger partial charge is 0.337 e. The first-order chi connectivity index (χ1) is 13.7. The van der Waals surface area contributed by atoms with Crippen molar-refractivity contribution in [2.75, 3.05) is 32.7 Å². The van der Waals surface area contributed by atoms with Gasteiger partial charge in [-0.15, -0.1) is 6.58 Å². The zero-order valence-corrected chi connectivity index (χ0v) is 16.5. The molecule has 2 aromatic rings. The molecule has 2 heterocycles. The second kappa shape index (κ2) is 8.70. The summed E-state index contributed by atoms with van der Waals surface area (Å²) in [4.78, 5) is 21.7. The molecule has 146 valence electrons. The van der Waals surface area contributed by atoms with Crippen LogP contribution in [-0.4, -0.2) is 53.4 Å². The smallest absolute Gasteiger partial charge is 0.227 e. The van der Waals surface area contributed by atoms with Crippen molar-refractivity contribution in [1.29, 1.82) is 0 Å². The molecule has 4 rings (SSSR count). The molecule has 1 aromatic carbocycles. The van der Waals surface area contributed by atoms with Gasteiger partial charge >= 0.3 is 0 Å². The van der Waals surface area contributed by atoms with Gasteiger partial charge in [0.15, 0.2) is 0 Å². The molecule has 1 amide bonds. The minimum absolute atomic E-state index is 0.0213. The Kier molecular flexibility index (Phi) is 5.87. The SMILES string of the molecule is C=CCN1CCN(CC2CC2)C[C@H](Cc2ccc(-c3ccncc3)cc2)C1=O. The maximum absolute atomic E-state index is 13.1. The maximum Gasteiger partial charge on any atom is 0.227 e. The number of hydrogen-bond acceptors (Lipinski definition) is 3. The highest BCUT2D eigenvalue weighted by Gasteiger charge is 2.32. The van der Waals surface area contributed by atoms with E-state index in [1.807, 2.05) is 35.5 Å². The number of pyridine rings is 1. The van der Waals surface area contributed by atoms with Crippen molar-refractivity contribution in [3.8, 4) is 11.1 Å². The van der Waals surface area contributed by atoms with Crippen LogP contribution in [0.5, 0.6) is 0 Å². The van der Waals surface area contributed by atoms with E-state index in [9.17, 15) is 4.79 Å². The van der Waals surface area contributed by atoms with Gasteiger partial charge < -0.3 is 9.80 Å². The standard InChI is InChI=1S/C24H29N3O/c1-2-13-27-15-14-26(17-20-3-4-20)18-23(24(27)28)16-19-5-7-21(8-6-19)22-9-11-25-12-10-22/h2,5-12,20,23H,1,3-4,13-18H2/t23-/m0/s1. The number of aromatic nitrogens is 1. The van der Waals surface area contributed by atoms with Gasteiger partial charge in [-0.2, -0.15) is 0 Å². The van der Waals surface area contributed by atoms with E-state index < -0.39 is 0 Å². The van der Waals surface area contributed by atoms with Gasteiger partial charge in [0.2, 0.25) is 5.91 Å². The average Bonchev–Trinajstić information content (AvgIpc) is 3.56. The van der Waals surface area contributed by atoms with Crippen molar-refractivity contribution >= 4 is 5.91 Å². The van der Waals surface area contributed by atoms with E-state index in [-0.39, 0.29) is 11.8 Å². The lowest BCUT2D eigenvalue weighted by atomic mass is 9.95. The summed E-state index contributed by atoms with van der Waals surface area (Å²) in [5.74, 6) is 1.14. The molecule has 0 bridgehead atoms. The van der Waals surface area contributed by atoms with Gasteiger partial charge in [0.05, 0.1) is 5.92 Å². The minimum Gasteiger partial charge on any atom is -0.337 e. The van der Waals surface area contributed by atoms with Crippen LogP contribution in [0.15, 0.2) is 61.4 Å². The van der Waals surface area contributed by atoms with Gasteiger partial charge in [-0.3, -0.25) is 9.78 Å². The molecule has 2 fully saturated rings. The first kappa shape index (κ1) is 18.9. The molecule has 4 nitrogen and oxygen atoms in total. The van der Waals surface area contributed by atoms with Gasteiger partial charge in [-0.25, -0.2) is 0 Å². The number of hydrogen-bond donors (Lipinski definition) is 0. The summed E-state index contributed by atoms with van der Waals surface area (Å²) in [6.07, 6.45) is 8.97. The third-order valence-corrected chi connectivity index (χ3v) is 5.84. The van der Waals surface area contributed by atoms with Crippen molar-refractivity contribution in [2.24, 2.45) is 11.8 Å². The van der Waals surface area contributed by atoms with Crippen LogP contribution in [-0.2, 0) is 11.2 Å². The predicted molar refractivity (Wildman–Crippen MR) is 113 cm³/mol. The first-order valence-electron chi connectivity index (χ1n) is 10.3. The fraction of sp³-hybridized carbons (Fsp3) is 0.417. The van der Waals surface area contributed by atoms with E-state index in [1.54, 1.807) is 0 Å². The lowest BCUT2D eigenvalue weighted by molar-refractivity contribution is -0.134. The number of benzene rings is 1. The fourth-order valence-corrected chi connectivity index (χ4v) is 4.09. The molecule has 1 saturated heterocycles.